The summed E-state index contributed by atoms with van der Waals surface area (Å²) >= 11 is 5.91. The summed E-state index contributed by atoms with van der Waals surface area (Å²) in [6.07, 6.45) is 0. The zero-order chi connectivity index (χ0) is 14.6. The first-order valence-electron chi connectivity index (χ1n) is 5.91. The second-order valence-electron chi connectivity index (χ2n) is 4.68. The minimum atomic E-state index is -0.520. The molecule has 1 aromatic carbocycles. The van der Waals surface area contributed by atoms with Crippen LogP contribution in [0.2, 0.25) is 5.02 Å². The number of nitrogens with one attached hydrogen (secondary N) is 1. The van der Waals surface area contributed by atoms with E-state index in [1.165, 1.54) is 0 Å². The smallest absolute Gasteiger partial charge is 0.251 e. The molecule has 0 heterocycles. The van der Waals surface area contributed by atoms with Crippen molar-refractivity contribution < 1.29 is 10.0 Å². The Morgan fingerprint density at radius 1 is 1.47 bits per heavy atom. The number of nitrogens with two attached hydrogens (primary N) is 1. The van der Waals surface area contributed by atoms with Crippen molar-refractivity contribution >= 4 is 23.3 Å². The number of nitrogens with zero attached hydrogens (tertiary/aromatic N) is 1. The monoisotopic (exact) mass is 283 g/mol. The van der Waals surface area contributed by atoms with Gasteiger partial charge in [-0.15, -0.1) is 0 Å². The number of rotatable bonds is 4. The van der Waals surface area contributed by atoms with E-state index in [0.717, 1.165) is 5.56 Å². The molecule has 5 nitrogen and oxygen atoms in total. The van der Waals surface area contributed by atoms with Crippen LogP contribution in [0, 0.1) is 12.8 Å². The van der Waals surface area contributed by atoms with Gasteiger partial charge in [0.2, 0.25) is 0 Å². The van der Waals surface area contributed by atoms with Crippen molar-refractivity contribution in [2.45, 2.75) is 26.8 Å². The topological polar surface area (TPSA) is 87.7 Å². The van der Waals surface area contributed by atoms with Crippen LogP contribution in [0.5, 0.6) is 0 Å². The lowest BCUT2D eigenvalue weighted by Crippen LogP contribution is -2.47. The molecular weight excluding hydrogens is 266 g/mol. The normalized spacial score (nSPS) is 13.4. The van der Waals surface area contributed by atoms with Crippen LogP contribution in [0.15, 0.2) is 23.4 Å². The van der Waals surface area contributed by atoms with Crippen molar-refractivity contribution in [1.82, 2.24) is 5.32 Å². The van der Waals surface area contributed by atoms with Crippen LogP contribution in [-0.4, -0.2) is 23.0 Å². The molecule has 1 rings (SSSR count). The molecule has 0 saturated heterocycles. The number of benzene rings is 1. The summed E-state index contributed by atoms with van der Waals surface area (Å²) in [6.45, 7) is 5.56. The van der Waals surface area contributed by atoms with Gasteiger partial charge in [-0.2, -0.15) is 0 Å². The standard InChI is InChI=1S/C13H18ClN3O2/c1-7(2)11(12(15)17-19)16-13(18)9-4-5-10(14)8(3)6-9/h4-7,11,19H,1-3H3,(H2,15,17)(H,16,18). The van der Waals surface area contributed by atoms with Gasteiger partial charge >= 0.3 is 0 Å². The summed E-state index contributed by atoms with van der Waals surface area (Å²) < 4.78 is 0. The Balaban J connectivity index is 2.91. The Hall–Kier alpha value is -1.75. The quantitative estimate of drug-likeness (QED) is 0.342. The lowest BCUT2D eigenvalue weighted by atomic mass is 10.0. The van der Waals surface area contributed by atoms with Crippen molar-refractivity contribution in [3.63, 3.8) is 0 Å². The highest BCUT2D eigenvalue weighted by molar-refractivity contribution is 6.31. The average molecular weight is 284 g/mol. The van der Waals surface area contributed by atoms with Crippen LogP contribution in [-0.2, 0) is 0 Å². The third kappa shape index (κ3) is 3.86. The second kappa shape index (κ2) is 6.43. The summed E-state index contributed by atoms with van der Waals surface area (Å²) in [7, 11) is 0. The Morgan fingerprint density at radius 2 is 2.11 bits per heavy atom. The van der Waals surface area contributed by atoms with Gasteiger partial charge in [0.15, 0.2) is 5.84 Å². The maximum Gasteiger partial charge on any atom is 0.251 e. The highest BCUT2D eigenvalue weighted by Gasteiger charge is 2.21. The first-order chi connectivity index (χ1) is 8.86. The number of halogens is 1. The van der Waals surface area contributed by atoms with E-state index in [1.807, 2.05) is 20.8 Å². The molecule has 0 aliphatic carbocycles. The molecule has 0 aliphatic heterocycles. The molecule has 0 bridgehead atoms. The Kier molecular flexibility index (Phi) is 5.18. The largest absolute Gasteiger partial charge is 0.409 e. The molecule has 0 aliphatic rings. The van der Waals surface area contributed by atoms with Gasteiger partial charge in [0.1, 0.15) is 0 Å². The molecule has 0 spiro atoms. The number of amidine groups is 1. The van der Waals surface area contributed by atoms with Crippen molar-refractivity contribution in [2.75, 3.05) is 0 Å². The molecule has 1 amide bonds. The molecule has 1 aromatic rings. The minimum Gasteiger partial charge on any atom is -0.409 e. The van der Waals surface area contributed by atoms with Gasteiger partial charge in [0, 0.05) is 10.6 Å². The fraction of sp³-hybridized carbons (Fsp3) is 0.385. The third-order valence-corrected chi connectivity index (χ3v) is 3.23. The van der Waals surface area contributed by atoms with E-state index in [0.29, 0.717) is 10.6 Å². The molecule has 104 valence electrons. The summed E-state index contributed by atoms with van der Waals surface area (Å²) in [5.41, 5.74) is 6.87. The Bertz CT molecular complexity index is 501. The van der Waals surface area contributed by atoms with Gasteiger partial charge in [0.05, 0.1) is 6.04 Å². The van der Waals surface area contributed by atoms with Crippen LogP contribution in [0.1, 0.15) is 29.8 Å². The predicted octanol–water partition coefficient (Wildman–Crippen LogP) is 2.15. The van der Waals surface area contributed by atoms with E-state index in [9.17, 15) is 4.79 Å². The molecule has 4 N–H and O–H groups in total. The summed E-state index contributed by atoms with van der Waals surface area (Å²) in [5, 5.41) is 15.0. The van der Waals surface area contributed by atoms with Gasteiger partial charge in [-0.05, 0) is 36.6 Å². The molecule has 19 heavy (non-hydrogen) atoms. The molecule has 0 saturated carbocycles. The van der Waals surface area contributed by atoms with Crippen LogP contribution < -0.4 is 11.1 Å². The fourth-order valence-corrected chi connectivity index (χ4v) is 1.77. The summed E-state index contributed by atoms with van der Waals surface area (Å²) in [4.78, 5) is 12.1. The molecular formula is C13H18ClN3O2. The molecule has 0 fully saturated rings. The molecule has 1 unspecified atom stereocenters. The van der Waals surface area contributed by atoms with E-state index < -0.39 is 6.04 Å². The van der Waals surface area contributed by atoms with Crippen molar-refractivity contribution in [2.24, 2.45) is 16.8 Å². The third-order valence-electron chi connectivity index (χ3n) is 2.81. The van der Waals surface area contributed by atoms with Crippen LogP contribution in [0.25, 0.3) is 0 Å². The lowest BCUT2D eigenvalue weighted by molar-refractivity contribution is 0.0938. The van der Waals surface area contributed by atoms with Crippen molar-refractivity contribution in [1.29, 1.82) is 0 Å². The van der Waals surface area contributed by atoms with Crippen molar-refractivity contribution in [3.05, 3.63) is 34.3 Å². The van der Waals surface area contributed by atoms with E-state index in [1.54, 1.807) is 18.2 Å². The van der Waals surface area contributed by atoms with Gasteiger partial charge < -0.3 is 16.3 Å². The first-order valence-corrected chi connectivity index (χ1v) is 6.29. The van der Waals surface area contributed by atoms with Gasteiger partial charge in [-0.1, -0.05) is 30.6 Å². The fourth-order valence-electron chi connectivity index (χ4n) is 1.65. The average Bonchev–Trinajstić information content (AvgIpc) is 2.37. The number of oxime groups is 1. The number of carbonyl (C=O) groups is 1. The minimum absolute atomic E-state index is 0.00764. The predicted molar refractivity (Wildman–Crippen MR) is 75.7 cm³/mol. The van der Waals surface area contributed by atoms with Crippen LogP contribution in [0.3, 0.4) is 0 Å². The number of carbonyl (C=O) groups excluding carboxylic acids is 1. The Morgan fingerprint density at radius 3 is 2.58 bits per heavy atom. The molecule has 0 aromatic heterocycles. The summed E-state index contributed by atoms with van der Waals surface area (Å²) in [5.74, 6) is -0.299. The zero-order valence-electron chi connectivity index (χ0n) is 11.1. The Labute approximate surface area is 117 Å². The number of hydrogen-bond acceptors (Lipinski definition) is 3. The van der Waals surface area contributed by atoms with E-state index in [2.05, 4.69) is 10.5 Å². The highest BCUT2D eigenvalue weighted by Crippen LogP contribution is 2.16. The van der Waals surface area contributed by atoms with Gasteiger partial charge in [-0.25, -0.2) is 0 Å². The van der Waals surface area contributed by atoms with E-state index >= 15 is 0 Å². The number of hydrogen-bond donors (Lipinski definition) is 3. The van der Waals surface area contributed by atoms with Gasteiger partial charge in [-0.3, -0.25) is 4.79 Å². The molecule has 6 heteroatoms. The number of amides is 1. The van der Waals surface area contributed by atoms with E-state index in [4.69, 9.17) is 22.5 Å². The number of aryl methyl sites for hydroxylation is 1. The SMILES string of the molecule is Cc1cc(C(=O)NC(/C(N)=N/O)C(C)C)ccc1Cl. The maximum atomic E-state index is 12.1. The van der Waals surface area contributed by atoms with Crippen LogP contribution in [0.4, 0.5) is 0 Å². The van der Waals surface area contributed by atoms with Crippen molar-refractivity contribution in [3.8, 4) is 0 Å². The second-order valence-corrected chi connectivity index (χ2v) is 5.09. The lowest BCUT2D eigenvalue weighted by Gasteiger charge is -2.21. The molecule has 0 radical (unpaired) electrons. The van der Waals surface area contributed by atoms with E-state index in [-0.39, 0.29) is 17.7 Å². The zero-order valence-corrected chi connectivity index (χ0v) is 11.9. The van der Waals surface area contributed by atoms with Crippen LogP contribution >= 0.6 is 11.6 Å². The summed E-state index contributed by atoms with van der Waals surface area (Å²) in [6, 6.07) is 4.48. The highest BCUT2D eigenvalue weighted by atomic mass is 35.5. The van der Waals surface area contributed by atoms with Gasteiger partial charge in [0.25, 0.3) is 5.91 Å². The molecule has 1 atom stereocenters. The maximum absolute atomic E-state index is 12.1. The first kappa shape index (κ1) is 15.3.